The van der Waals surface area contributed by atoms with Gasteiger partial charge >= 0.3 is 0 Å². The smallest absolute Gasteiger partial charge is 0.257 e. The highest BCUT2D eigenvalue weighted by molar-refractivity contribution is 5.97. The third-order valence-corrected chi connectivity index (χ3v) is 4.74. The number of methoxy groups -OCH3 is 1. The van der Waals surface area contributed by atoms with Gasteiger partial charge in [0.1, 0.15) is 17.2 Å². The van der Waals surface area contributed by atoms with Crippen molar-refractivity contribution in [1.29, 1.82) is 0 Å². The SMILES string of the molecule is CCOc1ccc(CN2CCN(C(=O)c3ccc(OC)cc3O)CC2)cc1. The lowest BCUT2D eigenvalue weighted by Crippen LogP contribution is -2.48. The van der Waals surface area contributed by atoms with Crippen molar-refractivity contribution in [1.82, 2.24) is 9.80 Å². The van der Waals surface area contributed by atoms with E-state index < -0.39 is 0 Å². The maximum Gasteiger partial charge on any atom is 0.257 e. The Morgan fingerprint density at radius 3 is 2.30 bits per heavy atom. The van der Waals surface area contributed by atoms with E-state index >= 15 is 0 Å². The predicted molar refractivity (Wildman–Crippen MR) is 103 cm³/mol. The molecule has 2 aromatic rings. The van der Waals surface area contributed by atoms with E-state index in [0.29, 0.717) is 31.0 Å². The fourth-order valence-electron chi connectivity index (χ4n) is 3.21. The van der Waals surface area contributed by atoms with Crippen LogP contribution in [0.5, 0.6) is 17.2 Å². The molecule has 144 valence electrons. The molecule has 0 aromatic heterocycles. The van der Waals surface area contributed by atoms with Gasteiger partial charge in [0.25, 0.3) is 5.91 Å². The summed E-state index contributed by atoms with van der Waals surface area (Å²) in [5, 5.41) is 10.1. The van der Waals surface area contributed by atoms with Gasteiger partial charge in [-0.25, -0.2) is 0 Å². The molecule has 1 heterocycles. The van der Waals surface area contributed by atoms with Crippen LogP contribution in [0.25, 0.3) is 0 Å². The van der Waals surface area contributed by atoms with E-state index in [-0.39, 0.29) is 11.7 Å². The van der Waals surface area contributed by atoms with Crippen LogP contribution in [0.4, 0.5) is 0 Å². The number of rotatable bonds is 6. The van der Waals surface area contributed by atoms with Gasteiger partial charge in [-0.3, -0.25) is 9.69 Å². The molecule has 1 aliphatic rings. The zero-order valence-corrected chi connectivity index (χ0v) is 15.9. The summed E-state index contributed by atoms with van der Waals surface area (Å²) in [5.74, 6) is 1.23. The lowest BCUT2D eigenvalue weighted by atomic mass is 10.1. The molecule has 0 bridgehead atoms. The highest BCUT2D eigenvalue weighted by Crippen LogP contribution is 2.25. The number of nitrogens with zero attached hydrogens (tertiary/aromatic N) is 2. The minimum atomic E-state index is -0.143. The van der Waals surface area contributed by atoms with E-state index in [4.69, 9.17) is 9.47 Å². The number of amides is 1. The minimum Gasteiger partial charge on any atom is -0.507 e. The van der Waals surface area contributed by atoms with Gasteiger partial charge in [-0.15, -0.1) is 0 Å². The van der Waals surface area contributed by atoms with Gasteiger partial charge in [0.15, 0.2) is 0 Å². The van der Waals surface area contributed by atoms with Crippen LogP contribution in [0.15, 0.2) is 42.5 Å². The minimum absolute atomic E-state index is 0.0452. The van der Waals surface area contributed by atoms with Crippen molar-refractivity contribution in [3.05, 3.63) is 53.6 Å². The van der Waals surface area contributed by atoms with Gasteiger partial charge in [-0.05, 0) is 36.8 Å². The average molecular weight is 370 g/mol. The first-order chi connectivity index (χ1) is 13.1. The largest absolute Gasteiger partial charge is 0.507 e. The summed E-state index contributed by atoms with van der Waals surface area (Å²) in [7, 11) is 1.53. The van der Waals surface area contributed by atoms with Crippen LogP contribution in [0.2, 0.25) is 0 Å². The monoisotopic (exact) mass is 370 g/mol. The molecule has 1 saturated heterocycles. The molecule has 0 radical (unpaired) electrons. The number of hydrogen-bond acceptors (Lipinski definition) is 5. The zero-order chi connectivity index (χ0) is 19.2. The number of aromatic hydroxyl groups is 1. The summed E-state index contributed by atoms with van der Waals surface area (Å²) >= 11 is 0. The van der Waals surface area contributed by atoms with E-state index in [1.54, 1.807) is 17.0 Å². The van der Waals surface area contributed by atoms with Crippen LogP contribution in [0, 0.1) is 0 Å². The molecule has 0 saturated carbocycles. The maximum atomic E-state index is 12.7. The third-order valence-electron chi connectivity index (χ3n) is 4.74. The Bertz CT molecular complexity index is 768. The van der Waals surface area contributed by atoms with Gasteiger partial charge in [0.05, 0.1) is 19.3 Å². The first kappa shape index (κ1) is 19.0. The second-order valence-corrected chi connectivity index (χ2v) is 6.53. The second-order valence-electron chi connectivity index (χ2n) is 6.53. The Balaban J connectivity index is 1.54. The van der Waals surface area contributed by atoms with Crippen LogP contribution in [-0.2, 0) is 6.54 Å². The molecule has 3 rings (SSSR count). The van der Waals surface area contributed by atoms with Crippen LogP contribution < -0.4 is 9.47 Å². The number of phenols is 1. The van der Waals surface area contributed by atoms with Crippen molar-refractivity contribution in [2.75, 3.05) is 39.9 Å². The van der Waals surface area contributed by atoms with Gasteiger partial charge in [0, 0.05) is 38.8 Å². The van der Waals surface area contributed by atoms with E-state index in [2.05, 4.69) is 17.0 Å². The number of carbonyl (C=O) groups is 1. The molecule has 2 aromatic carbocycles. The number of benzene rings is 2. The van der Waals surface area contributed by atoms with Crippen LogP contribution in [-0.4, -0.2) is 60.7 Å². The van der Waals surface area contributed by atoms with Gasteiger partial charge in [-0.2, -0.15) is 0 Å². The van der Waals surface area contributed by atoms with Crippen molar-refractivity contribution in [3.8, 4) is 17.2 Å². The van der Waals surface area contributed by atoms with Crippen molar-refractivity contribution in [3.63, 3.8) is 0 Å². The fraction of sp³-hybridized carbons (Fsp3) is 0.381. The quantitative estimate of drug-likeness (QED) is 0.847. The molecule has 1 aliphatic heterocycles. The topological polar surface area (TPSA) is 62.2 Å². The fourth-order valence-corrected chi connectivity index (χ4v) is 3.21. The molecule has 1 fully saturated rings. The normalized spacial score (nSPS) is 14.8. The van der Waals surface area contributed by atoms with Crippen LogP contribution >= 0.6 is 0 Å². The van der Waals surface area contributed by atoms with E-state index in [0.717, 1.165) is 25.4 Å². The highest BCUT2D eigenvalue weighted by atomic mass is 16.5. The Hall–Kier alpha value is -2.73. The maximum absolute atomic E-state index is 12.7. The lowest BCUT2D eigenvalue weighted by molar-refractivity contribution is 0.0625. The van der Waals surface area contributed by atoms with Crippen molar-refractivity contribution in [2.45, 2.75) is 13.5 Å². The Morgan fingerprint density at radius 2 is 1.70 bits per heavy atom. The molecule has 0 atom stereocenters. The number of carbonyl (C=O) groups excluding carboxylic acids is 1. The zero-order valence-electron chi connectivity index (χ0n) is 15.9. The van der Waals surface area contributed by atoms with Crippen molar-refractivity contribution < 1.29 is 19.4 Å². The number of ether oxygens (including phenoxy) is 2. The van der Waals surface area contributed by atoms with Gasteiger partial charge < -0.3 is 19.5 Å². The molecule has 0 unspecified atom stereocenters. The van der Waals surface area contributed by atoms with Crippen molar-refractivity contribution >= 4 is 5.91 Å². The summed E-state index contributed by atoms with van der Waals surface area (Å²) in [5.41, 5.74) is 1.54. The summed E-state index contributed by atoms with van der Waals surface area (Å²) in [6, 6.07) is 12.9. The van der Waals surface area contributed by atoms with E-state index in [9.17, 15) is 9.90 Å². The number of phenolic OH excluding ortho intramolecular Hbond substituents is 1. The third kappa shape index (κ3) is 4.71. The van der Waals surface area contributed by atoms with Gasteiger partial charge in [0.2, 0.25) is 0 Å². The standard InChI is InChI=1S/C21H26N2O4/c1-3-27-17-6-4-16(5-7-17)15-22-10-12-23(13-11-22)21(25)19-9-8-18(26-2)14-20(19)24/h4-9,14,24H,3,10-13,15H2,1-2H3. The highest BCUT2D eigenvalue weighted by Gasteiger charge is 2.24. The summed E-state index contributed by atoms with van der Waals surface area (Å²) in [6.45, 7) is 6.37. The van der Waals surface area contributed by atoms with Gasteiger partial charge in [-0.1, -0.05) is 12.1 Å². The number of piperazine rings is 1. The average Bonchev–Trinajstić information content (AvgIpc) is 2.69. The molecule has 0 spiro atoms. The van der Waals surface area contributed by atoms with Crippen molar-refractivity contribution in [2.24, 2.45) is 0 Å². The summed E-state index contributed by atoms with van der Waals surface area (Å²) < 4.78 is 10.5. The Kier molecular flexibility index (Phi) is 6.19. The Morgan fingerprint density at radius 1 is 1.04 bits per heavy atom. The lowest BCUT2D eigenvalue weighted by Gasteiger charge is -2.35. The Labute approximate surface area is 159 Å². The molecule has 0 aliphatic carbocycles. The first-order valence-corrected chi connectivity index (χ1v) is 9.21. The van der Waals surface area contributed by atoms with Crippen LogP contribution in [0.3, 0.4) is 0 Å². The summed E-state index contributed by atoms with van der Waals surface area (Å²) in [4.78, 5) is 16.8. The van der Waals surface area contributed by atoms with E-state index in [1.165, 1.54) is 18.7 Å². The molecule has 1 amide bonds. The molecular weight excluding hydrogens is 344 g/mol. The summed E-state index contributed by atoms with van der Waals surface area (Å²) in [6.07, 6.45) is 0. The molecule has 6 heteroatoms. The molecule has 27 heavy (non-hydrogen) atoms. The van der Waals surface area contributed by atoms with Crippen LogP contribution in [0.1, 0.15) is 22.8 Å². The van der Waals surface area contributed by atoms with E-state index in [1.807, 2.05) is 19.1 Å². The molecular formula is C21H26N2O4. The second kappa shape index (κ2) is 8.77. The first-order valence-electron chi connectivity index (χ1n) is 9.21. The predicted octanol–water partition coefficient (Wildman–Crippen LogP) is 2.76. The molecule has 1 N–H and O–H groups in total. The number of hydrogen-bond donors (Lipinski definition) is 1. The molecule has 6 nitrogen and oxygen atoms in total.